The zero-order chi connectivity index (χ0) is 14.6. The molecule has 0 saturated carbocycles. The molecule has 0 bridgehead atoms. The SMILES string of the molecule is Cc1cc(C)n(CCNC(=O)[C@H](C)N(C)C)c(=O)n1. The second-order valence-electron chi connectivity index (χ2n) is 4.90. The Hall–Kier alpha value is -1.69. The van der Waals surface area contributed by atoms with Crippen LogP contribution in [0.5, 0.6) is 0 Å². The first kappa shape index (κ1) is 15.4. The van der Waals surface area contributed by atoms with E-state index in [2.05, 4.69) is 10.3 Å². The van der Waals surface area contributed by atoms with E-state index >= 15 is 0 Å². The molecular formula is C13H22N4O2. The number of nitrogens with zero attached hydrogens (tertiary/aromatic N) is 3. The molecule has 1 aromatic heterocycles. The van der Waals surface area contributed by atoms with Gasteiger partial charge in [-0.05, 0) is 40.9 Å². The van der Waals surface area contributed by atoms with Gasteiger partial charge < -0.3 is 5.32 Å². The highest BCUT2D eigenvalue weighted by Gasteiger charge is 2.14. The van der Waals surface area contributed by atoms with Crippen LogP contribution in [0.1, 0.15) is 18.3 Å². The lowest BCUT2D eigenvalue weighted by atomic mass is 10.3. The van der Waals surface area contributed by atoms with Crippen LogP contribution in [-0.2, 0) is 11.3 Å². The molecule has 6 heteroatoms. The molecule has 0 aliphatic rings. The summed E-state index contributed by atoms with van der Waals surface area (Å²) in [6.45, 7) is 6.34. The summed E-state index contributed by atoms with van der Waals surface area (Å²) in [6.07, 6.45) is 0. The van der Waals surface area contributed by atoms with Gasteiger partial charge in [-0.3, -0.25) is 14.3 Å². The van der Waals surface area contributed by atoms with Gasteiger partial charge in [0.05, 0.1) is 6.04 Å². The summed E-state index contributed by atoms with van der Waals surface area (Å²) >= 11 is 0. The van der Waals surface area contributed by atoms with Gasteiger partial charge in [-0.15, -0.1) is 0 Å². The van der Waals surface area contributed by atoms with Crippen molar-refractivity contribution in [2.45, 2.75) is 33.4 Å². The first-order chi connectivity index (χ1) is 8.82. The van der Waals surface area contributed by atoms with Gasteiger partial charge in [0.2, 0.25) is 5.91 Å². The molecule has 0 radical (unpaired) electrons. The third-order valence-electron chi connectivity index (χ3n) is 3.14. The first-order valence-corrected chi connectivity index (χ1v) is 6.32. The van der Waals surface area contributed by atoms with Crippen molar-refractivity contribution in [1.29, 1.82) is 0 Å². The lowest BCUT2D eigenvalue weighted by molar-refractivity contribution is -0.125. The number of carbonyl (C=O) groups excluding carboxylic acids is 1. The molecule has 1 aromatic rings. The molecule has 106 valence electrons. The molecule has 1 amide bonds. The Balaban J connectivity index is 2.60. The van der Waals surface area contributed by atoms with E-state index in [9.17, 15) is 9.59 Å². The van der Waals surface area contributed by atoms with Crippen LogP contribution in [0.2, 0.25) is 0 Å². The van der Waals surface area contributed by atoms with Crippen LogP contribution in [0, 0.1) is 13.8 Å². The quantitative estimate of drug-likeness (QED) is 0.810. The number of amides is 1. The van der Waals surface area contributed by atoms with Crippen molar-refractivity contribution in [1.82, 2.24) is 19.8 Å². The van der Waals surface area contributed by atoms with E-state index < -0.39 is 0 Å². The molecule has 0 aromatic carbocycles. The van der Waals surface area contributed by atoms with Crippen molar-refractivity contribution in [3.8, 4) is 0 Å². The Morgan fingerprint density at radius 2 is 2.11 bits per heavy atom. The molecule has 1 N–H and O–H groups in total. The summed E-state index contributed by atoms with van der Waals surface area (Å²) < 4.78 is 1.56. The van der Waals surface area contributed by atoms with Gasteiger partial charge in [-0.2, -0.15) is 4.98 Å². The Labute approximate surface area is 113 Å². The molecular weight excluding hydrogens is 244 g/mol. The molecule has 0 saturated heterocycles. The number of hydrogen-bond donors (Lipinski definition) is 1. The molecule has 0 aliphatic heterocycles. The molecule has 19 heavy (non-hydrogen) atoms. The third-order valence-corrected chi connectivity index (χ3v) is 3.14. The highest BCUT2D eigenvalue weighted by atomic mass is 16.2. The second-order valence-corrected chi connectivity index (χ2v) is 4.90. The van der Waals surface area contributed by atoms with Gasteiger partial charge in [0.25, 0.3) is 0 Å². The van der Waals surface area contributed by atoms with Crippen LogP contribution in [0.4, 0.5) is 0 Å². The van der Waals surface area contributed by atoms with Crippen LogP contribution in [0.15, 0.2) is 10.9 Å². The van der Waals surface area contributed by atoms with Crippen molar-refractivity contribution in [3.63, 3.8) is 0 Å². The predicted octanol–water partition coefficient (Wildman–Crippen LogP) is -0.0736. The number of hydrogen-bond acceptors (Lipinski definition) is 4. The summed E-state index contributed by atoms with van der Waals surface area (Å²) in [6, 6.07) is 1.67. The zero-order valence-corrected chi connectivity index (χ0v) is 12.2. The maximum atomic E-state index is 11.7. The predicted molar refractivity (Wildman–Crippen MR) is 74.1 cm³/mol. The van der Waals surface area contributed by atoms with Crippen LogP contribution in [0.3, 0.4) is 0 Å². The van der Waals surface area contributed by atoms with Gasteiger partial charge in [0.15, 0.2) is 0 Å². The Morgan fingerprint density at radius 1 is 1.47 bits per heavy atom. The van der Waals surface area contributed by atoms with Crippen molar-refractivity contribution < 1.29 is 4.79 Å². The van der Waals surface area contributed by atoms with Gasteiger partial charge in [0, 0.05) is 24.5 Å². The van der Waals surface area contributed by atoms with Crippen molar-refractivity contribution >= 4 is 5.91 Å². The fraction of sp³-hybridized carbons (Fsp3) is 0.615. The minimum atomic E-state index is -0.271. The summed E-state index contributed by atoms with van der Waals surface area (Å²) in [5.41, 5.74) is 1.30. The monoisotopic (exact) mass is 266 g/mol. The number of likely N-dealkylation sites (N-methyl/N-ethyl adjacent to an activating group) is 1. The Kier molecular flexibility index (Phi) is 5.23. The standard InChI is InChI=1S/C13H22N4O2/c1-9-8-10(2)17(13(19)15-9)7-6-14-12(18)11(3)16(4)5/h8,11H,6-7H2,1-5H3,(H,14,18)/t11-/m0/s1. The van der Waals surface area contributed by atoms with Crippen LogP contribution >= 0.6 is 0 Å². The first-order valence-electron chi connectivity index (χ1n) is 6.32. The van der Waals surface area contributed by atoms with Crippen LogP contribution in [-0.4, -0.2) is 47.0 Å². The normalized spacial score (nSPS) is 12.5. The lowest BCUT2D eigenvalue weighted by Gasteiger charge is -2.19. The van der Waals surface area contributed by atoms with Gasteiger partial charge in [-0.25, -0.2) is 4.79 Å². The molecule has 0 unspecified atom stereocenters. The Morgan fingerprint density at radius 3 is 2.63 bits per heavy atom. The van der Waals surface area contributed by atoms with E-state index in [1.807, 2.05) is 38.9 Å². The average molecular weight is 266 g/mol. The van der Waals surface area contributed by atoms with E-state index in [4.69, 9.17) is 0 Å². The van der Waals surface area contributed by atoms with Crippen LogP contribution < -0.4 is 11.0 Å². The van der Waals surface area contributed by atoms with Crippen LogP contribution in [0.25, 0.3) is 0 Å². The number of nitrogens with one attached hydrogen (secondary N) is 1. The van der Waals surface area contributed by atoms with Crippen molar-refractivity contribution in [2.24, 2.45) is 0 Å². The van der Waals surface area contributed by atoms with Gasteiger partial charge in [-0.1, -0.05) is 0 Å². The number of rotatable bonds is 5. The number of aromatic nitrogens is 2. The fourth-order valence-electron chi connectivity index (χ4n) is 1.72. The third kappa shape index (κ3) is 4.17. The minimum Gasteiger partial charge on any atom is -0.353 e. The smallest absolute Gasteiger partial charge is 0.348 e. The molecule has 6 nitrogen and oxygen atoms in total. The molecule has 0 aliphatic carbocycles. The fourth-order valence-corrected chi connectivity index (χ4v) is 1.72. The zero-order valence-electron chi connectivity index (χ0n) is 12.2. The van der Waals surface area contributed by atoms with E-state index in [-0.39, 0.29) is 17.6 Å². The average Bonchev–Trinajstić information content (AvgIpc) is 2.30. The van der Waals surface area contributed by atoms with Gasteiger partial charge >= 0.3 is 5.69 Å². The largest absolute Gasteiger partial charge is 0.353 e. The van der Waals surface area contributed by atoms with E-state index in [0.29, 0.717) is 18.8 Å². The maximum absolute atomic E-state index is 11.7. The summed E-state index contributed by atoms with van der Waals surface area (Å²) in [5, 5.41) is 2.81. The molecule has 1 atom stereocenters. The lowest BCUT2D eigenvalue weighted by Crippen LogP contribution is -2.43. The second kappa shape index (κ2) is 6.47. The van der Waals surface area contributed by atoms with Crippen molar-refractivity contribution in [3.05, 3.63) is 27.9 Å². The summed E-state index contributed by atoms with van der Waals surface area (Å²) in [7, 11) is 3.70. The summed E-state index contributed by atoms with van der Waals surface area (Å²) in [5.74, 6) is -0.0456. The number of carbonyl (C=O) groups is 1. The molecule has 0 spiro atoms. The highest BCUT2D eigenvalue weighted by Crippen LogP contribution is 1.96. The highest BCUT2D eigenvalue weighted by molar-refractivity contribution is 5.81. The topological polar surface area (TPSA) is 67.2 Å². The molecule has 1 heterocycles. The van der Waals surface area contributed by atoms with Crippen molar-refractivity contribution in [2.75, 3.05) is 20.6 Å². The summed E-state index contributed by atoms with van der Waals surface area (Å²) in [4.78, 5) is 29.2. The van der Waals surface area contributed by atoms with Gasteiger partial charge in [0.1, 0.15) is 0 Å². The van der Waals surface area contributed by atoms with E-state index in [0.717, 1.165) is 5.69 Å². The van der Waals surface area contributed by atoms with E-state index in [1.165, 1.54) is 0 Å². The minimum absolute atomic E-state index is 0.0456. The van der Waals surface area contributed by atoms with E-state index in [1.54, 1.807) is 11.5 Å². The Bertz CT molecular complexity index is 508. The maximum Gasteiger partial charge on any atom is 0.348 e. The number of aryl methyl sites for hydroxylation is 2. The molecule has 0 fully saturated rings. The molecule has 1 rings (SSSR count).